The molecule has 2 aromatic rings. The van der Waals surface area contributed by atoms with Crippen LogP contribution in [0, 0.1) is 12.7 Å². The largest absolute Gasteiger partial charge is 0.462 e. The SMILES string of the molecule is CCOC(=O)c1cccc(NC(=O)[C@@H](C)N(c2ccc(F)cc2)S(C)(=O)=O)c1C. The van der Waals surface area contributed by atoms with Crippen molar-refractivity contribution in [2.24, 2.45) is 0 Å². The van der Waals surface area contributed by atoms with Gasteiger partial charge in [0.25, 0.3) is 0 Å². The summed E-state index contributed by atoms with van der Waals surface area (Å²) in [4.78, 5) is 24.8. The van der Waals surface area contributed by atoms with Crippen LogP contribution in [0.4, 0.5) is 15.8 Å². The molecule has 0 radical (unpaired) electrons. The fourth-order valence-corrected chi connectivity index (χ4v) is 4.01. The molecule has 156 valence electrons. The van der Waals surface area contributed by atoms with Crippen LogP contribution in [-0.4, -0.2) is 39.2 Å². The molecule has 0 aromatic heterocycles. The molecule has 0 aliphatic carbocycles. The first-order valence-electron chi connectivity index (χ1n) is 8.88. The van der Waals surface area contributed by atoms with Crippen molar-refractivity contribution < 1.29 is 27.1 Å². The summed E-state index contributed by atoms with van der Waals surface area (Å²) >= 11 is 0. The van der Waals surface area contributed by atoms with Crippen molar-refractivity contribution in [3.63, 3.8) is 0 Å². The Balaban J connectivity index is 2.32. The van der Waals surface area contributed by atoms with E-state index in [-0.39, 0.29) is 12.3 Å². The van der Waals surface area contributed by atoms with Gasteiger partial charge in [0.05, 0.1) is 24.1 Å². The van der Waals surface area contributed by atoms with Crippen molar-refractivity contribution in [2.45, 2.75) is 26.8 Å². The number of hydrogen-bond donors (Lipinski definition) is 1. The molecule has 0 spiro atoms. The van der Waals surface area contributed by atoms with Crippen LogP contribution in [0.1, 0.15) is 29.8 Å². The lowest BCUT2D eigenvalue weighted by molar-refractivity contribution is -0.116. The van der Waals surface area contributed by atoms with E-state index in [1.165, 1.54) is 19.1 Å². The van der Waals surface area contributed by atoms with E-state index in [4.69, 9.17) is 4.74 Å². The highest BCUT2D eigenvalue weighted by Gasteiger charge is 2.29. The van der Waals surface area contributed by atoms with Crippen LogP contribution in [0.3, 0.4) is 0 Å². The molecule has 1 amide bonds. The van der Waals surface area contributed by atoms with Gasteiger partial charge in [0, 0.05) is 5.69 Å². The highest BCUT2D eigenvalue weighted by Crippen LogP contribution is 2.24. The Bertz CT molecular complexity index is 1010. The summed E-state index contributed by atoms with van der Waals surface area (Å²) in [6, 6.07) is 8.45. The number of benzene rings is 2. The first-order chi connectivity index (χ1) is 13.6. The van der Waals surface area contributed by atoms with Crippen LogP contribution in [-0.2, 0) is 19.6 Å². The lowest BCUT2D eigenvalue weighted by Gasteiger charge is -2.28. The molecule has 1 atom stereocenters. The Morgan fingerprint density at radius 2 is 1.79 bits per heavy atom. The number of amides is 1. The molecule has 29 heavy (non-hydrogen) atoms. The smallest absolute Gasteiger partial charge is 0.338 e. The van der Waals surface area contributed by atoms with E-state index >= 15 is 0 Å². The molecule has 0 fully saturated rings. The lowest BCUT2D eigenvalue weighted by Crippen LogP contribution is -2.45. The van der Waals surface area contributed by atoms with Crippen molar-refractivity contribution in [3.8, 4) is 0 Å². The third kappa shape index (κ3) is 5.32. The van der Waals surface area contributed by atoms with Crippen molar-refractivity contribution >= 4 is 33.3 Å². The average Bonchev–Trinajstić information content (AvgIpc) is 2.64. The number of nitrogens with zero attached hydrogens (tertiary/aromatic N) is 1. The zero-order valence-electron chi connectivity index (χ0n) is 16.6. The van der Waals surface area contributed by atoms with Gasteiger partial charge in [-0.25, -0.2) is 17.6 Å². The molecule has 7 nitrogen and oxygen atoms in total. The van der Waals surface area contributed by atoms with Gasteiger partial charge in [-0.1, -0.05) is 6.07 Å². The number of esters is 1. The second-order valence-electron chi connectivity index (χ2n) is 6.40. The van der Waals surface area contributed by atoms with E-state index in [0.29, 0.717) is 16.8 Å². The summed E-state index contributed by atoms with van der Waals surface area (Å²) in [5, 5.41) is 2.65. The van der Waals surface area contributed by atoms with Gasteiger partial charge in [-0.15, -0.1) is 0 Å². The number of halogens is 1. The quantitative estimate of drug-likeness (QED) is 0.692. The summed E-state index contributed by atoms with van der Waals surface area (Å²) in [5.41, 5.74) is 1.32. The average molecular weight is 422 g/mol. The topological polar surface area (TPSA) is 92.8 Å². The number of hydrogen-bond acceptors (Lipinski definition) is 5. The molecular formula is C20H23FN2O5S. The fourth-order valence-electron chi connectivity index (χ4n) is 2.84. The van der Waals surface area contributed by atoms with Crippen LogP contribution in [0.2, 0.25) is 0 Å². The minimum atomic E-state index is -3.83. The Labute approximate surface area is 169 Å². The molecule has 0 saturated heterocycles. The van der Waals surface area contributed by atoms with Gasteiger partial charge in [0.2, 0.25) is 15.9 Å². The van der Waals surface area contributed by atoms with E-state index < -0.39 is 33.8 Å². The zero-order valence-corrected chi connectivity index (χ0v) is 17.4. The summed E-state index contributed by atoms with van der Waals surface area (Å²) in [7, 11) is -3.83. The second kappa shape index (κ2) is 9.04. The highest BCUT2D eigenvalue weighted by atomic mass is 32.2. The van der Waals surface area contributed by atoms with E-state index in [1.807, 2.05) is 0 Å². The van der Waals surface area contributed by atoms with Crippen LogP contribution >= 0.6 is 0 Å². The van der Waals surface area contributed by atoms with Gasteiger partial charge in [0.1, 0.15) is 11.9 Å². The molecule has 2 rings (SSSR count). The molecule has 1 N–H and O–H groups in total. The molecule has 2 aromatic carbocycles. The normalized spacial score (nSPS) is 12.2. The molecule has 0 bridgehead atoms. The van der Waals surface area contributed by atoms with Crippen molar-refractivity contribution in [2.75, 3.05) is 22.5 Å². The number of rotatable bonds is 7. The summed E-state index contributed by atoms with van der Waals surface area (Å²) < 4.78 is 43.7. The molecule has 0 heterocycles. The Kier molecular flexibility index (Phi) is 6.97. The van der Waals surface area contributed by atoms with E-state index in [2.05, 4.69) is 5.32 Å². The number of anilines is 2. The van der Waals surface area contributed by atoms with Crippen LogP contribution in [0.5, 0.6) is 0 Å². The predicted molar refractivity (Wildman–Crippen MR) is 109 cm³/mol. The number of sulfonamides is 1. The third-order valence-corrected chi connectivity index (χ3v) is 5.50. The first kappa shape index (κ1) is 22.4. The predicted octanol–water partition coefficient (Wildman–Crippen LogP) is 3.10. The van der Waals surface area contributed by atoms with Gasteiger partial charge in [-0.05, 0) is 62.7 Å². The number of ether oxygens (including phenoxy) is 1. The van der Waals surface area contributed by atoms with E-state index in [1.54, 1.807) is 32.0 Å². The summed E-state index contributed by atoms with van der Waals surface area (Å²) in [5.74, 6) is -1.65. The van der Waals surface area contributed by atoms with Crippen LogP contribution < -0.4 is 9.62 Å². The standard InChI is InChI=1S/C20H23FN2O5S/c1-5-28-20(25)17-7-6-8-18(13(17)2)22-19(24)14(3)23(29(4,26)27)16-11-9-15(21)10-12-16/h6-12,14H,5H2,1-4H3,(H,22,24)/t14-/m1/s1. The van der Waals surface area contributed by atoms with Crippen LogP contribution in [0.15, 0.2) is 42.5 Å². The molecular weight excluding hydrogens is 399 g/mol. The monoisotopic (exact) mass is 422 g/mol. The Morgan fingerprint density at radius 1 is 1.17 bits per heavy atom. The van der Waals surface area contributed by atoms with Gasteiger partial charge in [-0.3, -0.25) is 9.10 Å². The summed E-state index contributed by atoms with van der Waals surface area (Å²) in [6.07, 6.45) is 0.965. The molecule has 0 unspecified atom stereocenters. The molecule has 0 aliphatic rings. The summed E-state index contributed by atoms with van der Waals surface area (Å²) in [6.45, 7) is 4.98. The van der Waals surface area contributed by atoms with Crippen molar-refractivity contribution in [1.29, 1.82) is 0 Å². The maximum Gasteiger partial charge on any atom is 0.338 e. The van der Waals surface area contributed by atoms with Crippen LogP contribution in [0.25, 0.3) is 0 Å². The lowest BCUT2D eigenvalue weighted by atomic mass is 10.1. The van der Waals surface area contributed by atoms with E-state index in [9.17, 15) is 22.4 Å². The van der Waals surface area contributed by atoms with Gasteiger partial charge < -0.3 is 10.1 Å². The highest BCUT2D eigenvalue weighted by molar-refractivity contribution is 7.92. The second-order valence-corrected chi connectivity index (χ2v) is 8.26. The molecule has 0 saturated carbocycles. The number of carbonyl (C=O) groups is 2. The van der Waals surface area contributed by atoms with Crippen molar-refractivity contribution in [1.82, 2.24) is 0 Å². The zero-order chi connectivity index (χ0) is 21.8. The maximum absolute atomic E-state index is 13.2. The fraction of sp³-hybridized carbons (Fsp3) is 0.300. The Hall–Kier alpha value is -2.94. The van der Waals surface area contributed by atoms with E-state index in [0.717, 1.165) is 22.7 Å². The maximum atomic E-state index is 13.2. The van der Waals surface area contributed by atoms with Gasteiger partial charge in [0.15, 0.2) is 0 Å². The number of carbonyl (C=O) groups excluding carboxylic acids is 2. The molecule has 0 aliphatic heterocycles. The first-order valence-corrected chi connectivity index (χ1v) is 10.7. The van der Waals surface area contributed by atoms with Gasteiger partial charge in [-0.2, -0.15) is 0 Å². The number of nitrogens with one attached hydrogen (secondary N) is 1. The van der Waals surface area contributed by atoms with Gasteiger partial charge >= 0.3 is 5.97 Å². The molecule has 9 heteroatoms. The third-order valence-electron chi connectivity index (χ3n) is 4.26. The Morgan fingerprint density at radius 3 is 2.34 bits per heavy atom. The van der Waals surface area contributed by atoms with Crippen molar-refractivity contribution in [3.05, 3.63) is 59.4 Å². The minimum absolute atomic E-state index is 0.161. The minimum Gasteiger partial charge on any atom is -0.462 e.